The number of benzene rings is 2. The monoisotopic (exact) mass is 455 g/mol. The van der Waals surface area contributed by atoms with Crippen molar-refractivity contribution in [3.63, 3.8) is 0 Å². The summed E-state index contributed by atoms with van der Waals surface area (Å²) in [6.45, 7) is 1.76. The molecule has 1 aromatic heterocycles. The number of fused-ring (bicyclic) bond motifs is 1. The van der Waals surface area contributed by atoms with E-state index in [4.69, 9.17) is 16.6 Å². The Bertz CT molecular complexity index is 1140. The van der Waals surface area contributed by atoms with E-state index in [1.165, 1.54) is 6.07 Å². The van der Waals surface area contributed by atoms with Gasteiger partial charge in [-0.25, -0.2) is 9.37 Å². The first kappa shape index (κ1) is 22.3. The van der Waals surface area contributed by atoms with Gasteiger partial charge in [-0.2, -0.15) is 4.98 Å². The van der Waals surface area contributed by atoms with Crippen molar-refractivity contribution in [3.8, 4) is 0 Å². The van der Waals surface area contributed by atoms with Crippen molar-refractivity contribution in [1.29, 1.82) is 0 Å². The summed E-state index contributed by atoms with van der Waals surface area (Å²) in [5.74, 6) is 0.421. The van der Waals surface area contributed by atoms with Gasteiger partial charge in [-0.1, -0.05) is 29.8 Å². The van der Waals surface area contributed by atoms with Gasteiger partial charge in [-0.3, -0.25) is 4.79 Å². The van der Waals surface area contributed by atoms with Crippen LogP contribution in [-0.4, -0.2) is 42.1 Å². The minimum Gasteiger partial charge on any atom is -0.362 e. The molecule has 1 aliphatic rings. The van der Waals surface area contributed by atoms with Crippen molar-refractivity contribution in [2.24, 2.45) is 0 Å². The predicted octanol–water partition coefficient (Wildman–Crippen LogP) is 4.95. The second kappa shape index (κ2) is 9.28. The average molecular weight is 456 g/mol. The molecule has 1 fully saturated rings. The molecular formula is C24H27ClFN5O. The van der Waals surface area contributed by atoms with Crippen molar-refractivity contribution in [3.05, 3.63) is 58.4 Å². The van der Waals surface area contributed by atoms with Crippen molar-refractivity contribution >= 4 is 40.2 Å². The van der Waals surface area contributed by atoms with E-state index in [2.05, 4.69) is 15.6 Å². The van der Waals surface area contributed by atoms with Crippen LogP contribution in [0.2, 0.25) is 5.02 Å². The second-order valence-electron chi connectivity index (χ2n) is 8.50. The van der Waals surface area contributed by atoms with Crippen LogP contribution in [0.3, 0.4) is 0 Å². The molecule has 8 heteroatoms. The number of anilines is 2. The number of aryl methyl sites for hydroxylation is 1. The van der Waals surface area contributed by atoms with Gasteiger partial charge in [0.15, 0.2) is 0 Å². The molecule has 168 valence electrons. The van der Waals surface area contributed by atoms with Crippen LogP contribution in [0.4, 0.5) is 16.2 Å². The lowest BCUT2D eigenvalue weighted by molar-refractivity contribution is 0.0922. The Morgan fingerprint density at radius 1 is 1.06 bits per heavy atom. The summed E-state index contributed by atoms with van der Waals surface area (Å²) < 4.78 is 14.2. The Hall–Kier alpha value is -2.93. The van der Waals surface area contributed by atoms with Crippen LogP contribution in [-0.2, 0) is 0 Å². The fourth-order valence-electron chi connectivity index (χ4n) is 4.15. The van der Waals surface area contributed by atoms with Crippen LogP contribution in [0, 0.1) is 12.7 Å². The fraction of sp³-hybridized carbons (Fsp3) is 0.375. The van der Waals surface area contributed by atoms with Gasteiger partial charge in [-0.05, 0) is 56.4 Å². The molecule has 3 aromatic rings. The summed E-state index contributed by atoms with van der Waals surface area (Å²) in [7, 11) is 3.94. The van der Waals surface area contributed by atoms with Gasteiger partial charge in [0.2, 0.25) is 5.95 Å². The first-order valence-electron chi connectivity index (χ1n) is 10.8. The second-order valence-corrected chi connectivity index (χ2v) is 8.88. The highest BCUT2D eigenvalue weighted by atomic mass is 35.5. The standard InChI is InChI=1S/C24H27ClFN5O/c1-14-8-13-18(26)20(21(14)25)23(32)27-15-9-11-16(12-10-15)28-24-29-19-7-5-4-6-17(19)22(30-24)31(2)3/h4-8,13,15-16H,9-12H2,1-3H3,(H,27,32)(H,28,29,30). The van der Waals surface area contributed by atoms with Crippen molar-refractivity contribution in [1.82, 2.24) is 15.3 Å². The molecule has 32 heavy (non-hydrogen) atoms. The summed E-state index contributed by atoms with van der Waals surface area (Å²) in [6, 6.07) is 11.0. The first-order chi connectivity index (χ1) is 15.3. The minimum atomic E-state index is -0.599. The van der Waals surface area contributed by atoms with Crippen LogP contribution in [0.15, 0.2) is 36.4 Å². The number of para-hydroxylation sites is 1. The van der Waals surface area contributed by atoms with E-state index in [1.54, 1.807) is 13.0 Å². The van der Waals surface area contributed by atoms with Crippen LogP contribution >= 0.6 is 11.6 Å². The van der Waals surface area contributed by atoms with E-state index in [-0.39, 0.29) is 22.7 Å². The number of carbonyl (C=O) groups excluding carboxylic acids is 1. The maximum atomic E-state index is 14.2. The third-order valence-electron chi connectivity index (χ3n) is 5.91. The zero-order chi connectivity index (χ0) is 22.8. The van der Waals surface area contributed by atoms with Crippen LogP contribution in [0.25, 0.3) is 10.9 Å². The Balaban J connectivity index is 1.40. The fourth-order valence-corrected chi connectivity index (χ4v) is 4.39. The summed E-state index contributed by atoms with van der Waals surface area (Å²) in [5.41, 5.74) is 1.50. The van der Waals surface area contributed by atoms with Crippen LogP contribution in [0.1, 0.15) is 41.6 Å². The van der Waals surface area contributed by atoms with E-state index in [0.29, 0.717) is 11.5 Å². The SMILES string of the molecule is Cc1ccc(F)c(C(=O)NC2CCC(Nc3nc(N(C)C)c4ccccc4n3)CC2)c1Cl. The Morgan fingerprint density at radius 2 is 1.75 bits per heavy atom. The zero-order valence-electron chi connectivity index (χ0n) is 18.5. The third-order valence-corrected chi connectivity index (χ3v) is 6.40. The number of nitrogens with zero attached hydrogens (tertiary/aromatic N) is 3. The number of aromatic nitrogens is 2. The van der Waals surface area contributed by atoms with Crippen LogP contribution in [0.5, 0.6) is 0 Å². The van der Waals surface area contributed by atoms with E-state index in [0.717, 1.165) is 42.4 Å². The number of carbonyl (C=O) groups is 1. The number of hydrogen-bond donors (Lipinski definition) is 2. The lowest BCUT2D eigenvalue weighted by Gasteiger charge is -2.30. The lowest BCUT2D eigenvalue weighted by atomic mass is 9.91. The van der Waals surface area contributed by atoms with Gasteiger partial charge in [-0.15, -0.1) is 0 Å². The van der Waals surface area contributed by atoms with Crippen molar-refractivity contribution in [2.75, 3.05) is 24.3 Å². The molecule has 0 radical (unpaired) electrons. The van der Waals surface area contributed by atoms with Gasteiger partial charge in [0.1, 0.15) is 11.6 Å². The molecule has 0 aliphatic heterocycles. The topological polar surface area (TPSA) is 70.2 Å². The molecule has 2 N–H and O–H groups in total. The Labute approximate surface area is 192 Å². The summed E-state index contributed by atoms with van der Waals surface area (Å²) in [5, 5.41) is 7.58. The molecule has 6 nitrogen and oxygen atoms in total. The average Bonchev–Trinajstić information content (AvgIpc) is 2.77. The molecule has 1 aliphatic carbocycles. The molecule has 1 amide bonds. The molecule has 0 bridgehead atoms. The number of hydrogen-bond acceptors (Lipinski definition) is 5. The van der Waals surface area contributed by atoms with E-state index in [9.17, 15) is 9.18 Å². The maximum absolute atomic E-state index is 14.2. The molecule has 2 aromatic carbocycles. The van der Waals surface area contributed by atoms with Crippen molar-refractivity contribution < 1.29 is 9.18 Å². The number of rotatable bonds is 5. The highest BCUT2D eigenvalue weighted by Crippen LogP contribution is 2.27. The quantitative estimate of drug-likeness (QED) is 0.569. The summed E-state index contributed by atoms with van der Waals surface area (Å²) in [4.78, 5) is 24.0. The van der Waals surface area contributed by atoms with E-state index < -0.39 is 11.7 Å². The maximum Gasteiger partial charge on any atom is 0.256 e. The highest BCUT2D eigenvalue weighted by molar-refractivity contribution is 6.34. The van der Waals surface area contributed by atoms with Gasteiger partial charge in [0, 0.05) is 31.6 Å². The van der Waals surface area contributed by atoms with E-state index >= 15 is 0 Å². The molecule has 0 saturated heterocycles. The lowest BCUT2D eigenvalue weighted by Crippen LogP contribution is -2.40. The number of amides is 1. The molecule has 0 unspecified atom stereocenters. The summed E-state index contributed by atoms with van der Waals surface area (Å²) in [6.07, 6.45) is 3.26. The van der Waals surface area contributed by atoms with Crippen molar-refractivity contribution in [2.45, 2.75) is 44.7 Å². The third kappa shape index (κ3) is 4.63. The normalized spacial score (nSPS) is 18.4. The van der Waals surface area contributed by atoms with E-state index in [1.807, 2.05) is 43.3 Å². The number of halogens is 2. The Morgan fingerprint density at radius 3 is 2.47 bits per heavy atom. The molecule has 0 atom stereocenters. The smallest absolute Gasteiger partial charge is 0.256 e. The van der Waals surface area contributed by atoms with Gasteiger partial charge < -0.3 is 15.5 Å². The molecule has 0 spiro atoms. The van der Waals surface area contributed by atoms with Gasteiger partial charge in [0.05, 0.1) is 16.1 Å². The predicted molar refractivity (Wildman–Crippen MR) is 127 cm³/mol. The van der Waals surface area contributed by atoms with Gasteiger partial charge in [0.25, 0.3) is 5.91 Å². The minimum absolute atomic E-state index is 0.0219. The number of nitrogens with one attached hydrogen (secondary N) is 2. The van der Waals surface area contributed by atoms with Gasteiger partial charge >= 0.3 is 0 Å². The molecule has 4 rings (SSSR count). The molecular weight excluding hydrogens is 429 g/mol. The molecule has 1 heterocycles. The summed E-state index contributed by atoms with van der Waals surface area (Å²) >= 11 is 6.17. The van der Waals surface area contributed by atoms with Crippen LogP contribution < -0.4 is 15.5 Å². The zero-order valence-corrected chi connectivity index (χ0v) is 19.2. The first-order valence-corrected chi connectivity index (χ1v) is 11.2. The largest absolute Gasteiger partial charge is 0.362 e. The molecule has 1 saturated carbocycles. The highest BCUT2D eigenvalue weighted by Gasteiger charge is 2.26. The Kier molecular flexibility index (Phi) is 6.46.